The maximum absolute atomic E-state index is 14.8. The number of aromatic nitrogens is 1. The van der Waals surface area contributed by atoms with Crippen LogP contribution in [-0.4, -0.2) is 41.5 Å². The van der Waals surface area contributed by atoms with Crippen LogP contribution in [0.5, 0.6) is 11.5 Å². The fourth-order valence-corrected chi connectivity index (χ4v) is 7.89. The highest BCUT2D eigenvalue weighted by Crippen LogP contribution is 2.60. The lowest BCUT2D eigenvalue weighted by Gasteiger charge is -2.54. The number of hydrogen-bond acceptors (Lipinski definition) is 6. The first-order valence-corrected chi connectivity index (χ1v) is 17.1. The Hall–Kier alpha value is -4.38. The molecule has 2 bridgehead atoms. The van der Waals surface area contributed by atoms with Crippen molar-refractivity contribution in [2.24, 2.45) is 5.41 Å². The lowest BCUT2D eigenvalue weighted by Crippen LogP contribution is -2.59. The molecular formula is C39H38BrF3N2O5. The Morgan fingerprint density at radius 1 is 0.920 bits per heavy atom. The number of pyridine rings is 1. The number of nitrogens with zero attached hydrogens (tertiary/aromatic N) is 1. The highest BCUT2D eigenvalue weighted by Gasteiger charge is 2.58. The first kappa shape index (κ1) is 35.4. The Kier molecular flexibility index (Phi) is 9.03. The number of nitrogens with one attached hydrogen (secondary N) is 1. The highest BCUT2D eigenvalue weighted by atomic mass is 79.9. The summed E-state index contributed by atoms with van der Waals surface area (Å²) in [5.41, 5.74) is 1.04. The van der Waals surface area contributed by atoms with Gasteiger partial charge in [0, 0.05) is 21.0 Å². The number of esters is 1. The number of benzene rings is 3. The van der Waals surface area contributed by atoms with Crippen LogP contribution in [0.2, 0.25) is 0 Å². The van der Waals surface area contributed by atoms with Crippen molar-refractivity contribution in [2.45, 2.75) is 77.8 Å². The van der Waals surface area contributed by atoms with E-state index in [0.717, 1.165) is 10.0 Å². The largest absolute Gasteiger partial charge is 0.573 e. The molecule has 0 spiro atoms. The van der Waals surface area contributed by atoms with Crippen molar-refractivity contribution in [2.75, 3.05) is 7.11 Å². The van der Waals surface area contributed by atoms with Gasteiger partial charge in [-0.3, -0.25) is 9.59 Å². The van der Waals surface area contributed by atoms with Crippen molar-refractivity contribution in [3.63, 3.8) is 0 Å². The first-order valence-electron chi connectivity index (χ1n) is 16.3. The second-order valence-corrected chi connectivity index (χ2v) is 14.9. The smallest absolute Gasteiger partial charge is 0.497 e. The van der Waals surface area contributed by atoms with Crippen LogP contribution < -0.4 is 14.8 Å². The van der Waals surface area contributed by atoms with Crippen LogP contribution in [0.25, 0.3) is 27.7 Å². The van der Waals surface area contributed by atoms with E-state index >= 15 is 0 Å². The Bertz CT molecular complexity index is 2030. The average Bonchev–Trinajstić information content (AvgIpc) is 3.04. The van der Waals surface area contributed by atoms with Crippen LogP contribution in [0.4, 0.5) is 13.2 Å². The molecule has 3 aromatic carbocycles. The van der Waals surface area contributed by atoms with Crippen LogP contribution in [0.3, 0.4) is 0 Å². The van der Waals surface area contributed by atoms with E-state index in [4.69, 9.17) is 14.5 Å². The third-order valence-corrected chi connectivity index (χ3v) is 10.3. The Labute approximate surface area is 297 Å². The van der Waals surface area contributed by atoms with Crippen molar-refractivity contribution in [1.82, 2.24) is 10.3 Å². The monoisotopic (exact) mass is 750 g/mol. The van der Waals surface area contributed by atoms with Gasteiger partial charge in [0.25, 0.3) is 5.91 Å². The summed E-state index contributed by atoms with van der Waals surface area (Å²) in [7, 11) is 1.41. The van der Waals surface area contributed by atoms with Gasteiger partial charge in [0.05, 0.1) is 34.8 Å². The molecule has 3 aliphatic rings. The van der Waals surface area contributed by atoms with Gasteiger partial charge >= 0.3 is 12.3 Å². The first-order chi connectivity index (χ1) is 23.5. The Morgan fingerprint density at radius 2 is 1.60 bits per heavy atom. The normalized spacial score (nSPS) is 20.5. The molecule has 0 radical (unpaired) electrons. The number of methoxy groups -OCH3 is 1. The number of rotatable bonds is 7. The Morgan fingerprint density at radius 3 is 2.22 bits per heavy atom. The number of halogens is 4. The van der Waals surface area contributed by atoms with Gasteiger partial charge < -0.3 is 19.5 Å². The molecule has 7 rings (SSSR count). The molecule has 7 nitrogen and oxygen atoms in total. The third kappa shape index (κ3) is 6.48. The summed E-state index contributed by atoms with van der Waals surface area (Å²) < 4.78 is 58.2. The van der Waals surface area contributed by atoms with Gasteiger partial charge in [-0.1, -0.05) is 46.3 Å². The minimum Gasteiger partial charge on any atom is -0.497 e. The number of carbonyl (C=O) groups is 2. The standard InChI is InChI=1S/C39H38BrF3N2O5/c1-22-31(27-20-25(40)12-14-29(27)44-33(22)24-10-8-7-9-11-24)34(46)45-38-18-16-37(17-19-38,35(47)50-36(3,4)5)23(2)32(38)28-21-26(48-6)13-15-30(28)49-39(41,42)43/h7-15,20-21H,16-19H2,1-6H3,(H,45,46). The lowest BCUT2D eigenvalue weighted by atomic mass is 9.53. The van der Waals surface area contributed by atoms with Gasteiger partial charge in [-0.15, -0.1) is 13.2 Å². The summed E-state index contributed by atoms with van der Waals surface area (Å²) in [5.74, 6) is -1.04. The zero-order chi connectivity index (χ0) is 36.2. The van der Waals surface area contributed by atoms with Crippen molar-refractivity contribution in [1.29, 1.82) is 0 Å². The van der Waals surface area contributed by atoms with E-state index in [1.165, 1.54) is 25.3 Å². The van der Waals surface area contributed by atoms with Crippen LogP contribution in [0.1, 0.15) is 74.9 Å². The van der Waals surface area contributed by atoms with E-state index in [0.29, 0.717) is 51.7 Å². The molecule has 0 aliphatic heterocycles. The summed E-state index contributed by atoms with van der Waals surface area (Å²) >= 11 is 3.54. The lowest BCUT2D eigenvalue weighted by molar-refractivity contribution is -0.274. The SMILES string of the molecule is COc1ccc(OC(F)(F)F)c(C2=C(C)C3(C(=O)OC(C)(C)C)CCC2(NC(=O)c2c(C)c(-c4ccccc4)nc4ccc(Br)cc24)CC3)c1. The molecule has 0 unspecified atom stereocenters. The molecule has 4 aromatic rings. The van der Waals surface area contributed by atoms with E-state index in [9.17, 15) is 22.8 Å². The van der Waals surface area contributed by atoms with Gasteiger partial charge in [0.1, 0.15) is 17.1 Å². The third-order valence-electron chi connectivity index (χ3n) is 9.82. The summed E-state index contributed by atoms with van der Waals surface area (Å²) in [6, 6.07) is 19.1. The molecule has 1 aromatic heterocycles. The molecule has 50 heavy (non-hydrogen) atoms. The Balaban J connectivity index is 1.56. The van der Waals surface area contributed by atoms with Crippen LogP contribution in [0.15, 0.2) is 76.8 Å². The zero-order valence-corrected chi connectivity index (χ0v) is 30.3. The predicted molar refractivity (Wildman–Crippen MR) is 189 cm³/mol. The topological polar surface area (TPSA) is 86.8 Å². The van der Waals surface area contributed by atoms with E-state index in [1.54, 1.807) is 27.7 Å². The average molecular weight is 752 g/mol. The molecular weight excluding hydrogens is 713 g/mol. The molecule has 0 saturated heterocycles. The maximum Gasteiger partial charge on any atom is 0.573 e. The van der Waals surface area contributed by atoms with Crippen molar-refractivity contribution < 1.29 is 37.0 Å². The number of ether oxygens (including phenoxy) is 3. The molecule has 262 valence electrons. The van der Waals surface area contributed by atoms with E-state index < -0.39 is 40.5 Å². The molecule has 1 N–H and O–H groups in total. The second-order valence-electron chi connectivity index (χ2n) is 14.0. The summed E-state index contributed by atoms with van der Waals surface area (Å²) in [6.07, 6.45) is -3.81. The van der Waals surface area contributed by atoms with Gasteiger partial charge in [-0.05, 0) is 113 Å². The van der Waals surface area contributed by atoms with Crippen molar-refractivity contribution in [3.05, 3.63) is 93.5 Å². The molecule has 3 aliphatic carbocycles. The number of alkyl halides is 3. The highest BCUT2D eigenvalue weighted by molar-refractivity contribution is 9.10. The summed E-state index contributed by atoms with van der Waals surface area (Å²) in [5, 5.41) is 3.92. The molecule has 1 saturated carbocycles. The van der Waals surface area contributed by atoms with E-state index in [2.05, 4.69) is 26.0 Å². The zero-order valence-electron chi connectivity index (χ0n) is 28.7. The maximum atomic E-state index is 14.8. The van der Waals surface area contributed by atoms with Crippen LogP contribution in [-0.2, 0) is 9.53 Å². The fourth-order valence-electron chi connectivity index (χ4n) is 7.53. The quantitative estimate of drug-likeness (QED) is 0.189. The van der Waals surface area contributed by atoms with E-state index in [-0.39, 0.29) is 24.2 Å². The van der Waals surface area contributed by atoms with Crippen LogP contribution in [0, 0.1) is 12.3 Å². The molecule has 1 amide bonds. The minimum absolute atomic E-state index is 0.0795. The van der Waals surface area contributed by atoms with Gasteiger partial charge in [0.15, 0.2) is 0 Å². The fraction of sp³-hybridized carbons (Fsp3) is 0.359. The van der Waals surface area contributed by atoms with Gasteiger partial charge in [-0.25, -0.2) is 4.98 Å². The molecule has 1 heterocycles. The molecule has 1 fully saturated rings. The summed E-state index contributed by atoms with van der Waals surface area (Å²) in [4.78, 5) is 33.7. The summed E-state index contributed by atoms with van der Waals surface area (Å²) in [6.45, 7) is 8.92. The minimum atomic E-state index is -5.00. The number of carbonyl (C=O) groups excluding carboxylic acids is 2. The van der Waals surface area contributed by atoms with Crippen LogP contribution >= 0.6 is 15.9 Å². The van der Waals surface area contributed by atoms with Crippen molar-refractivity contribution in [3.8, 4) is 22.8 Å². The van der Waals surface area contributed by atoms with Crippen molar-refractivity contribution >= 4 is 44.3 Å². The number of fused-ring (bicyclic) bond motifs is 3. The van der Waals surface area contributed by atoms with Gasteiger partial charge in [-0.2, -0.15) is 0 Å². The van der Waals surface area contributed by atoms with Gasteiger partial charge in [0.2, 0.25) is 0 Å². The predicted octanol–water partition coefficient (Wildman–Crippen LogP) is 9.74. The number of hydrogen-bond donors (Lipinski definition) is 1. The second kappa shape index (κ2) is 12.7. The number of amides is 1. The van der Waals surface area contributed by atoms with E-state index in [1.807, 2.05) is 55.5 Å². The molecule has 0 atom stereocenters. The molecule has 11 heteroatoms.